The topological polar surface area (TPSA) is 150 Å². The summed E-state index contributed by atoms with van der Waals surface area (Å²) in [6.07, 6.45) is -0.876. The quantitative estimate of drug-likeness (QED) is 0.263. The third-order valence-electron chi connectivity index (χ3n) is 3.11. The Morgan fingerprint density at radius 3 is 2.36 bits per heavy atom. The van der Waals surface area contributed by atoms with Crippen LogP contribution < -0.4 is 5.32 Å². The second kappa shape index (κ2) is 7.45. The van der Waals surface area contributed by atoms with E-state index >= 15 is 0 Å². The van der Waals surface area contributed by atoms with Gasteiger partial charge in [0.2, 0.25) is 5.91 Å². The highest BCUT2D eigenvalue weighted by Gasteiger charge is 2.45. The molecular weight excluding hydrogens is 471 g/mol. The molecule has 1 aromatic rings. The molecule has 2 rings (SSSR count). The molecule has 0 aromatic heterocycles. The number of rotatable bonds is 5. The monoisotopic (exact) mass is 481 g/mol. The van der Waals surface area contributed by atoms with Crippen molar-refractivity contribution in [1.82, 2.24) is 5.06 Å². The molecule has 1 fully saturated rings. The van der Waals surface area contributed by atoms with Gasteiger partial charge in [-0.15, -0.1) is 5.06 Å². The first kappa shape index (κ1) is 19.3. The lowest BCUT2D eigenvalue weighted by atomic mass is 10.2. The van der Waals surface area contributed by atoms with Crippen molar-refractivity contribution >= 4 is 62.1 Å². The van der Waals surface area contributed by atoms with E-state index in [-0.39, 0.29) is 21.0 Å². The van der Waals surface area contributed by atoms with Crippen LogP contribution in [-0.4, -0.2) is 51.4 Å². The second-order valence-electron chi connectivity index (χ2n) is 4.85. The number of hydroxylamine groups is 2. The number of hydrogen-bond donors (Lipinski definition) is 1. The van der Waals surface area contributed by atoms with Crippen LogP contribution in [0.4, 0.5) is 5.69 Å². The lowest BCUT2D eigenvalue weighted by Gasteiger charge is -2.15. The first-order valence-electron chi connectivity index (χ1n) is 6.63. The average Bonchev–Trinajstić information content (AvgIpc) is 2.83. The molecule has 0 radical (unpaired) electrons. The predicted octanol–water partition coefficient (Wildman–Crippen LogP) is -0.195. The van der Waals surface area contributed by atoms with Crippen molar-refractivity contribution in [2.75, 3.05) is 9.74 Å². The van der Waals surface area contributed by atoms with Gasteiger partial charge in [0.25, 0.3) is 11.8 Å². The van der Waals surface area contributed by atoms with Crippen LogP contribution in [0.15, 0.2) is 24.3 Å². The van der Waals surface area contributed by atoms with Gasteiger partial charge in [0.15, 0.2) is 0 Å². The van der Waals surface area contributed by atoms with Crippen molar-refractivity contribution in [3.63, 3.8) is 0 Å². The summed E-state index contributed by atoms with van der Waals surface area (Å²) in [6, 6.07) is 5.36. The predicted molar refractivity (Wildman–Crippen MR) is 89.3 cm³/mol. The van der Waals surface area contributed by atoms with Gasteiger partial charge in [-0.3, -0.25) is 14.4 Å². The summed E-state index contributed by atoms with van der Waals surface area (Å²) in [4.78, 5) is 51.1. The van der Waals surface area contributed by atoms with E-state index in [4.69, 9.17) is 0 Å². The maximum absolute atomic E-state index is 12.0. The molecular formula is C13H10IN2O8S-. The minimum absolute atomic E-state index is 0.0196. The highest BCUT2D eigenvalue weighted by atomic mass is 127. The number of nitrogens with zero attached hydrogens (tertiary/aromatic N) is 1. The molecule has 3 amide bonds. The fourth-order valence-corrected chi connectivity index (χ4v) is 2.80. The first-order chi connectivity index (χ1) is 11.6. The number of carbonyl (C=O) groups excluding carboxylic acids is 4. The Balaban J connectivity index is 2.08. The third-order valence-corrected chi connectivity index (χ3v) is 4.87. The number of amides is 3. The van der Waals surface area contributed by atoms with E-state index in [0.29, 0.717) is 5.69 Å². The maximum Gasteiger partial charge on any atom is 0.363 e. The number of hydrogen-bond acceptors (Lipinski definition) is 8. The standard InChI is InChI=1S/C13H11IN2O8S/c14-6-10(17)15-8-3-1-7(2-4-8)13(20)24-16-11(18)5-9(12(16)19)25(21,22)23/h1-4,9H,5-6H2,(H,15,17)(H,21,22,23)/p-1. The zero-order valence-electron chi connectivity index (χ0n) is 12.3. The summed E-state index contributed by atoms with van der Waals surface area (Å²) in [6.45, 7) is 0. The van der Waals surface area contributed by atoms with Crippen molar-refractivity contribution in [3.05, 3.63) is 29.8 Å². The Hall–Kier alpha value is -2.06. The number of benzene rings is 1. The van der Waals surface area contributed by atoms with Gasteiger partial charge in [-0.2, -0.15) is 0 Å². The van der Waals surface area contributed by atoms with Crippen molar-refractivity contribution < 1.29 is 37.0 Å². The Labute approximate surface area is 155 Å². The molecule has 1 aliphatic rings. The van der Waals surface area contributed by atoms with Gasteiger partial charge < -0.3 is 14.7 Å². The van der Waals surface area contributed by atoms with Crippen LogP contribution >= 0.6 is 22.6 Å². The molecule has 25 heavy (non-hydrogen) atoms. The number of nitrogens with one attached hydrogen (secondary N) is 1. The number of carbonyl (C=O) groups is 4. The van der Waals surface area contributed by atoms with E-state index in [1.807, 2.05) is 22.6 Å². The van der Waals surface area contributed by atoms with Crippen LogP contribution in [0.5, 0.6) is 0 Å². The van der Waals surface area contributed by atoms with Crippen LogP contribution in [0.3, 0.4) is 0 Å². The summed E-state index contributed by atoms with van der Waals surface area (Å²) < 4.78 is 33.0. The van der Waals surface area contributed by atoms with Crippen molar-refractivity contribution in [3.8, 4) is 0 Å². The second-order valence-corrected chi connectivity index (χ2v) is 7.17. The molecule has 0 bridgehead atoms. The third kappa shape index (κ3) is 4.52. The highest BCUT2D eigenvalue weighted by Crippen LogP contribution is 2.21. The molecule has 134 valence electrons. The summed E-state index contributed by atoms with van der Waals surface area (Å²) >= 11 is 1.88. The Morgan fingerprint density at radius 1 is 1.28 bits per heavy atom. The zero-order valence-corrected chi connectivity index (χ0v) is 15.3. The molecule has 1 atom stereocenters. The molecule has 1 N–H and O–H groups in total. The largest absolute Gasteiger partial charge is 0.747 e. The fourth-order valence-electron chi connectivity index (χ4n) is 1.92. The van der Waals surface area contributed by atoms with E-state index < -0.39 is 39.6 Å². The Bertz CT molecular complexity index is 836. The molecule has 0 saturated carbocycles. The summed E-state index contributed by atoms with van der Waals surface area (Å²) in [7, 11) is -5.03. The van der Waals surface area contributed by atoms with Gasteiger partial charge >= 0.3 is 5.97 Å². The lowest BCUT2D eigenvalue weighted by molar-refractivity contribution is -0.172. The normalized spacial score (nSPS) is 17.5. The van der Waals surface area contributed by atoms with Crippen LogP contribution in [0.25, 0.3) is 0 Å². The first-order valence-corrected chi connectivity index (χ1v) is 9.63. The molecule has 10 nitrogen and oxygen atoms in total. The lowest BCUT2D eigenvalue weighted by Crippen LogP contribution is -2.36. The van der Waals surface area contributed by atoms with Gasteiger partial charge in [0.05, 0.1) is 16.4 Å². The van der Waals surface area contributed by atoms with Crippen molar-refractivity contribution in [1.29, 1.82) is 0 Å². The smallest absolute Gasteiger partial charge is 0.363 e. The van der Waals surface area contributed by atoms with Gasteiger partial charge in [-0.05, 0) is 24.3 Å². The van der Waals surface area contributed by atoms with E-state index in [2.05, 4.69) is 10.2 Å². The molecule has 0 spiro atoms. The zero-order chi connectivity index (χ0) is 18.8. The summed E-state index contributed by atoms with van der Waals surface area (Å²) in [5.74, 6) is -3.85. The highest BCUT2D eigenvalue weighted by molar-refractivity contribution is 14.1. The molecule has 12 heteroatoms. The molecule has 0 aliphatic carbocycles. The van der Waals surface area contributed by atoms with Crippen molar-refractivity contribution in [2.45, 2.75) is 11.7 Å². The van der Waals surface area contributed by atoms with E-state index in [1.165, 1.54) is 24.3 Å². The SMILES string of the molecule is O=C(CI)Nc1ccc(C(=O)ON2C(=O)CC(S(=O)(=O)[O-])C2=O)cc1. The van der Waals surface area contributed by atoms with Crippen LogP contribution in [0.1, 0.15) is 16.8 Å². The van der Waals surface area contributed by atoms with E-state index in [1.54, 1.807) is 0 Å². The molecule has 1 heterocycles. The average molecular weight is 481 g/mol. The van der Waals surface area contributed by atoms with Gasteiger partial charge in [0.1, 0.15) is 15.4 Å². The van der Waals surface area contributed by atoms with Gasteiger partial charge in [0, 0.05) is 5.69 Å². The summed E-state index contributed by atoms with van der Waals surface area (Å²) in [5.41, 5.74) is 0.366. The minimum atomic E-state index is -5.03. The van der Waals surface area contributed by atoms with E-state index in [9.17, 15) is 32.1 Å². The Kier molecular flexibility index (Phi) is 5.74. The fraction of sp³-hybridized carbons (Fsp3) is 0.231. The van der Waals surface area contributed by atoms with Crippen LogP contribution in [0, 0.1) is 0 Å². The molecule has 1 unspecified atom stereocenters. The van der Waals surface area contributed by atoms with Crippen LogP contribution in [-0.2, 0) is 29.3 Å². The Morgan fingerprint density at radius 2 is 1.88 bits per heavy atom. The van der Waals surface area contributed by atoms with E-state index in [0.717, 1.165) is 0 Å². The van der Waals surface area contributed by atoms with Crippen LogP contribution in [0.2, 0.25) is 0 Å². The number of halogens is 1. The van der Waals surface area contributed by atoms with Gasteiger partial charge in [-0.1, -0.05) is 22.6 Å². The molecule has 1 saturated heterocycles. The number of imide groups is 1. The molecule has 1 aromatic carbocycles. The number of anilines is 1. The molecule has 1 aliphatic heterocycles. The maximum atomic E-state index is 12.0. The number of alkyl halides is 1. The van der Waals surface area contributed by atoms with Gasteiger partial charge in [-0.25, -0.2) is 13.2 Å². The van der Waals surface area contributed by atoms with Crippen molar-refractivity contribution in [2.24, 2.45) is 0 Å². The summed E-state index contributed by atoms with van der Waals surface area (Å²) in [5, 5.41) is 0.431. The minimum Gasteiger partial charge on any atom is -0.747 e.